The maximum absolute atomic E-state index is 13.0. The molecule has 0 unspecified atom stereocenters. The van der Waals surface area contributed by atoms with Crippen LogP contribution in [0.4, 0.5) is 4.39 Å². The molecule has 3 N–H and O–H groups in total. The SMILES string of the molecule is C[C@@H](N)c1ccc(Br)c(F)c1O. The molecule has 1 aromatic carbocycles. The van der Waals surface area contributed by atoms with Crippen molar-refractivity contribution in [3.63, 3.8) is 0 Å². The average Bonchev–Trinajstić information content (AvgIpc) is 2.00. The van der Waals surface area contributed by atoms with Crippen LogP contribution in [0.15, 0.2) is 16.6 Å². The molecule has 0 saturated carbocycles. The zero-order valence-electron chi connectivity index (χ0n) is 6.51. The second-order valence-electron chi connectivity index (χ2n) is 2.59. The zero-order chi connectivity index (χ0) is 9.30. The first-order chi connectivity index (χ1) is 5.54. The van der Waals surface area contributed by atoms with Crippen LogP contribution in [-0.2, 0) is 0 Å². The van der Waals surface area contributed by atoms with E-state index in [4.69, 9.17) is 5.73 Å². The van der Waals surface area contributed by atoms with E-state index in [9.17, 15) is 9.50 Å². The predicted octanol–water partition coefficient (Wildman–Crippen LogP) is 2.31. The Morgan fingerprint density at radius 3 is 2.67 bits per heavy atom. The quantitative estimate of drug-likeness (QED) is 0.783. The number of hydrogen-bond donors (Lipinski definition) is 2. The van der Waals surface area contributed by atoms with Crippen LogP contribution in [0.3, 0.4) is 0 Å². The highest BCUT2D eigenvalue weighted by molar-refractivity contribution is 9.10. The first kappa shape index (κ1) is 9.48. The topological polar surface area (TPSA) is 46.2 Å². The lowest BCUT2D eigenvalue weighted by Crippen LogP contribution is -2.05. The van der Waals surface area contributed by atoms with Gasteiger partial charge in [-0.05, 0) is 28.9 Å². The minimum absolute atomic E-state index is 0.240. The molecular formula is C8H9BrFNO. The number of benzene rings is 1. The molecule has 66 valence electrons. The maximum Gasteiger partial charge on any atom is 0.179 e. The van der Waals surface area contributed by atoms with Crippen LogP contribution in [-0.4, -0.2) is 5.11 Å². The standard InChI is InChI=1S/C8H9BrFNO/c1-4(11)5-2-3-6(9)7(10)8(5)12/h2-4,12H,11H2,1H3/t4-/m1/s1. The van der Waals surface area contributed by atoms with Crippen molar-refractivity contribution >= 4 is 15.9 Å². The van der Waals surface area contributed by atoms with Gasteiger partial charge in [0.15, 0.2) is 11.6 Å². The minimum Gasteiger partial charge on any atom is -0.505 e. The number of phenols is 1. The Labute approximate surface area is 78.3 Å². The molecule has 1 atom stereocenters. The molecule has 0 radical (unpaired) electrons. The summed E-state index contributed by atoms with van der Waals surface area (Å²) in [7, 11) is 0. The molecule has 1 rings (SSSR count). The number of hydrogen-bond acceptors (Lipinski definition) is 2. The first-order valence-electron chi connectivity index (χ1n) is 3.46. The first-order valence-corrected chi connectivity index (χ1v) is 4.25. The van der Waals surface area contributed by atoms with Gasteiger partial charge in [-0.15, -0.1) is 0 Å². The van der Waals surface area contributed by atoms with E-state index in [1.165, 1.54) is 6.07 Å². The predicted molar refractivity (Wildman–Crippen MR) is 48.4 cm³/mol. The van der Waals surface area contributed by atoms with Crippen LogP contribution in [0, 0.1) is 5.82 Å². The van der Waals surface area contributed by atoms with E-state index in [2.05, 4.69) is 15.9 Å². The summed E-state index contributed by atoms with van der Waals surface area (Å²) in [5.74, 6) is -1.04. The molecule has 4 heteroatoms. The summed E-state index contributed by atoms with van der Waals surface area (Å²) in [4.78, 5) is 0. The van der Waals surface area contributed by atoms with E-state index in [0.717, 1.165) is 0 Å². The van der Waals surface area contributed by atoms with Gasteiger partial charge in [0, 0.05) is 11.6 Å². The molecular weight excluding hydrogens is 225 g/mol. The lowest BCUT2D eigenvalue weighted by Gasteiger charge is -2.09. The largest absolute Gasteiger partial charge is 0.505 e. The summed E-state index contributed by atoms with van der Waals surface area (Å²) in [5, 5.41) is 9.26. The molecule has 1 aromatic rings. The second-order valence-corrected chi connectivity index (χ2v) is 3.44. The maximum atomic E-state index is 13.0. The van der Waals surface area contributed by atoms with E-state index in [1.54, 1.807) is 13.0 Å². The van der Waals surface area contributed by atoms with Crippen LogP contribution >= 0.6 is 15.9 Å². The highest BCUT2D eigenvalue weighted by Crippen LogP contribution is 2.30. The zero-order valence-corrected chi connectivity index (χ0v) is 8.10. The van der Waals surface area contributed by atoms with Crippen molar-refractivity contribution in [3.8, 4) is 5.75 Å². The molecule has 0 amide bonds. The van der Waals surface area contributed by atoms with Gasteiger partial charge >= 0.3 is 0 Å². The summed E-state index contributed by atoms with van der Waals surface area (Å²) in [6.07, 6.45) is 0. The fourth-order valence-electron chi connectivity index (χ4n) is 0.922. The number of nitrogens with two attached hydrogens (primary N) is 1. The molecule has 0 spiro atoms. The summed E-state index contributed by atoms with van der Waals surface area (Å²) in [6.45, 7) is 1.68. The van der Waals surface area contributed by atoms with Crippen molar-refractivity contribution < 1.29 is 9.50 Å². The van der Waals surface area contributed by atoms with Gasteiger partial charge < -0.3 is 10.8 Å². The van der Waals surface area contributed by atoms with Crippen molar-refractivity contribution in [2.45, 2.75) is 13.0 Å². The van der Waals surface area contributed by atoms with Crippen LogP contribution in [0.1, 0.15) is 18.5 Å². The fraction of sp³-hybridized carbons (Fsp3) is 0.250. The third kappa shape index (κ3) is 1.59. The number of halogens is 2. The normalized spacial score (nSPS) is 13.0. The van der Waals surface area contributed by atoms with Gasteiger partial charge in [0.25, 0.3) is 0 Å². The Kier molecular flexibility index (Phi) is 2.69. The monoisotopic (exact) mass is 233 g/mol. The fourth-order valence-corrected chi connectivity index (χ4v) is 1.24. The Hall–Kier alpha value is -0.610. The molecule has 0 saturated heterocycles. The van der Waals surface area contributed by atoms with Gasteiger partial charge in [0.2, 0.25) is 0 Å². The van der Waals surface area contributed by atoms with E-state index in [1.807, 2.05) is 0 Å². The van der Waals surface area contributed by atoms with E-state index in [-0.39, 0.29) is 16.3 Å². The smallest absolute Gasteiger partial charge is 0.179 e. The third-order valence-electron chi connectivity index (χ3n) is 1.59. The molecule has 12 heavy (non-hydrogen) atoms. The van der Waals surface area contributed by atoms with Gasteiger partial charge in [-0.25, -0.2) is 4.39 Å². The Balaban J connectivity index is 3.27. The molecule has 0 aliphatic carbocycles. The van der Waals surface area contributed by atoms with E-state index >= 15 is 0 Å². The summed E-state index contributed by atoms with van der Waals surface area (Å²) >= 11 is 2.95. The molecule has 0 fully saturated rings. The van der Waals surface area contributed by atoms with Gasteiger partial charge in [0.1, 0.15) is 0 Å². The van der Waals surface area contributed by atoms with Crippen molar-refractivity contribution in [1.29, 1.82) is 0 Å². The third-order valence-corrected chi connectivity index (χ3v) is 2.20. The molecule has 0 aromatic heterocycles. The van der Waals surface area contributed by atoms with Gasteiger partial charge in [-0.3, -0.25) is 0 Å². The van der Waals surface area contributed by atoms with Crippen molar-refractivity contribution in [1.82, 2.24) is 0 Å². The molecule has 0 aliphatic heterocycles. The average molecular weight is 234 g/mol. The summed E-state index contributed by atoms with van der Waals surface area (Å²) in [6, 6.07) is 2.74. The second kappa shape index (κ2) is 3.41. The number of aromatic hydroxyl groups is 1. The molecule has 0 bridgehead atoms. The Bertz CT molecular complexity index is 301. The van der Waals surface area contributed by atoms with Gasteiger partial charge in [0.05, 0.1) is 4.47 Å². The number of rotatable bonds is 1. The number of phenolic OH excluding ortho intramolecular Hbond substituents is 1. The minimum atomic E-state index is -0.662. The molecule has 0 heterocycles. The van der Waals surface area contributed by atoms with Crippen LogP contribution < -0.4 is 5.73 Å². The van der Waals surface area contributed by atoms with Gasteiger partial charge in [-0.2, -0.15) is 0 Å². The van der Waals surface area contributed by atoms with E-state index in [0.29, 0.717) is 5.56 Å². The van der Waals surface area contributed by atoms with Crippen molar-refractivity contribution in [3.05, 3.63) is 28.0 Å². The van der Waals surface area contributed by atoms with Crippen LogP contribution in [0.5, 0.6) is 5.75 Å². The van der Waals surface area contributed by atoms with Crippen molar-refractivity contribution in [2.24, 2.45) is 5.73 Å². The van der Waals surface area contributed by atoms with Crippen LogP contribution in [0.2, 0.25) is 0 Å². The van der Waals surface area contributed by atoms with E-state index < -0.39 is 5.82 Å². The van der Waals surface area contributed by atoms with Crippen LogP contribution in [0.25, 0.3) is 0 Å². The lowest BCUT2D eigenvalue weighted by atomic mass is 10.1. The van der Waals surface area contributed by atoms with Crippen molar-refractivity contribution in [2.75, 3.05) is 0 Å². The van der Waals surface area contributed by atoms with Gasteiger partial charge in [-0.1, -0.05) is 6.07 Å². The summed E-state index contributed by atoms with van der Waals surface area (Å²) < 4.78 is 13.2. The Morgan fingerprint density at radius 2 is 2.17 bits per heavy atom. The lowest BCUT2D eigenvalue weighted by molar-refractivity contribution is 0.420. The molecule has 2 nitrogen and oxygen atoms in total. The molecule has 0 aliphatic rings. The highest BCUT2D eigenvalue weighted by Gasteiger charge is 2.12. The highest BCUT2D eigenvalue weighted by atomic mass is 79.9. The Morgan fingerprint density at radius 1 is 1.58 bits per heavy atom. The summed E-state index contributed by atoms with van der Waals surface area (Å²) in [5.41, 5.74) is 5.90.